The normalized spacial score (nSPS) is 11.3. The van der Waals surface area contributed by atoms with Crippen LogP contribution in [0.1, 0.15) is 40.5 Å². The van der Waals surface area contributed by atoms with Gasteiger partial charge in [0.2, 0.25) is 0 Å². The third-order valence-corrected chi connectivity index (χ3v) is 2.13. The zero-order valence-electron chi connectivity index (χ0n) is 13.2. The number of hydrogen-bond donors (Lipinski definition) is 3. The van der Waals surface area contributed by atoms with E-state index in [0.717, 1.165) is 25.3 Å². The summed E-state index contributed by atoms with van der Waals surface area (Å²) in [6.45, 7) is 9.64. The van der Waals surface area contributed by atoms with Gasteiger partial charge in [-0.15, -0.1) is 24.0 Å². The molecule has 0 aromatic rings. The van der Waals surface area contributed by atoms with Gasteiger partial charge in [-0.25, -0.2) is 4.79 Å². The van der Waals surface area contributed by atoms with Gasteiger partial charge in [-0.2, -0.15) is 0 Å². The summed E-state index contributed by atoms with van der Waals surface area (Å²) in [6, 6.07) is 0. The molecule has 6 nitrogen and oxygen atoms in total. The van der Waals surface area contributed by atoms with Gasteiger partial charge in [0, 0.05) is 26.7 Å². The highest BCUT2D eigenvalue weighted by Gasteiger charge is 2.15. The van der Waals surface area contributed by atoms with Gasteiger partial charge in [-0.1, -0.05) is 13.3 Å². The van der Waals surface area contributed by atoms with Crippen LogP contribution in [-0.4, -0.2) is 44.3 Å². The molecule has 0 heterocycles. The monoisotopic (exact) mass is 400 g/mol. The van der Waals surface area contributed by atoms with Crippen molar-refractivity contribution in [1.82, 2.24) is 16.0 Å². The lowest BCUT2D eigenvalue weighted by Crippen LogP contribution is -2.42. The second kappa shape index (κ2) is 12.0. The highest BCUT2D eigenvalue weighted by atomic mass is 127. The predicted octanol–water partition coefficient (Wildman–Crippen LogP) is 2.09. The van der Waals surface area contributed by atoms with Crippen molar-refractivity contribution >= 4 is 36.0 Å². The van der Waals surface area contributed by atoms with Gasteiger partial charge < -0.3 is 20.7 Å². The summed E-state index contributed by atoms with van der Waals surface area (Å²) in [7, 11) is 1.72. The number of nitrogens with one attached hydrogen (secondary N) is 3. The summed E-state index contributed by atoms with van der Waals surface area (Å²) in [5.41, 5.74) is -0.463. The standard InChI is InChI=1S/C13H28N4O2.HI/c1-6-7-8-15-11(14-5)16-9-10-17-12(18)19-13(2,3)4;/h6-10H2,1-5H3,(H,17,18)(H2,14,15,16);1H. The number of alkyl carbamates (subject to hydrolysis) is 1. The fourth-order valence-electron chi connectivity index (χ4n) is 1.26. The number of halogens is 1. The molecule has 0 aliphatic rings. The van der Waals surface area contributed by atoms with Crippen LogP contribution in [0, 0.1) is 0 Å². The minimum atomic E-state index is -0.463. The van der Waals surface area contributed by atoms with Crippen molar-refractivity contribution in [1.29, 1.82) is 0 Å². The van der Waals surface area contributed by atoms with Crippen LogP contribution in [0.5, 0.6) is 0 Å². The zero-order chi connectivity index (χ0) is 14.7. The van der Waals surface area contributed by atoms with Crippen LogP contribution in [0.4, 0.5) is 4.79 Å². The van der Waals surface area contributed by atoms with Crippen LogP contribution in [0.3, 0.4) is 0 Å². The molecule has 0 unspecified atom stereocenters. The summed E-state index contributed by atoms with van der Waals surface area (Å²) in [5, 5.41) is 8.99. The minimum absolute atomic E-state index is 0. The lowest BCUT2D eigenvalue weighted by atomic mass is 10.2. The first-order valence-electron chi connectivity index (χ1n) is 6.80. The molecule has 0 aliphatic heterocycles. The van der Waals surface area contributed by atoms with E-state index >= 15 is 0 Å². The Hall–Kier alpha value is -0.730. The molecule has 7 heteroatoms. The van der Waals surface area contributed by atoms with Crippen LogP contribution in [0.2, 0.25) is 0 Å². The molecule has 0 saturated carbocycles. The quantitative estimate of drug-likeness (QED) is 0.276. The van der Waals surface area contributed by atoms with Crippen molar-refractivity contribution in [3.05, 3.63) is 0 Å². The number of hydrogen-bond acceptors (Lipinski definition) is 3. The Kier molecular flexibility index (Phi) is 13.0. The maximum atomic E-state index is 11.4. The Labute approximate surface area is 139 Å². The van der Waals surface area contributed by atoms with Crippen LogP contribution < -0.4 is 16.0 Å². The molecule has 0 aromatic heterocycles. The van der Waals surface area contributed by atoms with E-state index in [9.17, 15) is 4.79 Å². The van der Waals surface area contributed by atoms with Gasteiger partial charge in [0.05, 0.1) is 0 Å². The Bertz CT molecular complexity index is 291. The third kappa shape index (κ3) is 13.7. The van der Waals surface area contributed by atoms with E-state index in [-0.39, 0.29) is 24.0 Å². The number of aliphatic imine (C=N–C) groups is 1. The molecular weight excluding hydrogens is 371 g/mol. The summed E-state index contributed by atoms with van der Waals surface area (Å²) in [6.07, 6.45) is 1.85. The number of carbonyl (C=O) groups excluding carboxylic acids is 1. The molecule has 3 N–H and O–H groups in total. The molecule has 20 heavy (non-hydrogen) atoms. The maximum absolute atomic E-state index is 11.4. The second-order valence-electron chi connectivity index (χ2n) is 5.21. The average molecular weight is 400 g/mol. The van der Waals surface area contributed by atoms with Crippen molar-refractivity contribution in [2.75, 3.05) is 26.7 Å². The lowest BCUT2D eigenvalue weighted by Gasteiger charge is -2.19. The van der Waals surface area contributed by atoms with Crippen molar-refractivity contribution in [2.24, 2.45) is 4.99 Å². The molecule has 0 aromatic carbocycles. The number of nitrogens with zero attached hydrogens (tertiary/aromatic N) is 1. The third-order valence-electron chi connectivity index (χ3n) is 2.13. The summed E-state index contributed by atoms with van der Waals surface area (Å²) in [4.78, 5) is 15.5. The number of guanidine groups is 1. The molecule has 0 aliphatic carbocycles. The fraction of sp³-hybridized carbons (Fsp3) is 0.846. The molecule has 0 radical (unpaired) electrons. The van der Waals surface area contributed by atoms with E-state index in [4.69, 9.17) is 4.74 Å². The molecule has 0 fully saturated rings. The van der Waals surface area contributed by atoms with E-state index < -0.39 is 11.7 Å². The van der Waals surface area contributed by atoms with Crippen LogP contribution in [-0.2, 0) is 4.74 Å². The van der Waals surface area contributed by atoms with Gasteiger partial charge in [-0.05, 0) is 27.2 Å². The van der Waals surface area contributed by atoms with Gasteiger partial charge in [-0.3, -0.25) is 4.99 Å². The number of ether oxygens (including phenoxy) is 1. The summed E-state index contributed by atoms with van der Waals surface area (Å²) in [5.74, 6) is 0.749. The first-order valence-corrected chi connectivity index (χ1v) is 6.80. The molecule has 0 atom stereocenters. The predicted molar refractivity (Wildman–Crippen MR) is 93.9 cm³/mol. The molecule has 0 bridgehead atoms. The highest BCUT2D eigenvalue weighted by Crippen LogP contribution is 2.05. The van der Waals surface area contributed by atoms with Crippen molar-refractivity contribution in [2.45, 2.75) is 46.1 Å². The molecule has 1 amide bonds. The van der Waals surface area contributed by atoms with Gasteiger partial charge in [0.25, 0.3) is 0 Å². The van der Waals surface area contributed by atoms with Crippen LogP contribution in [0.15, 0.2) is 4.99 Å². The number of carbonyl (C=O) groups is 1. The Morgan fingerprint density at radius 2 is 1.65 bits per heavy atom. The lowest BCUT2D eigenvalue weighted by molar-refractivity contribution is 0.0529. The molecule has 0 rings (SSSR count). The molecule has 0 saturated heterocycles. The summed E-state index contributed by atoms with van der Waals surface area (Å²) >= 11 is 0. The smallest absolute Gasteiger partial charge is 0.407 e. The Morgan fingerprint density at radius 3 is 2.15 bits per heavy atom. The SMILES string of the molecule is CCCCNC(=NC)NCCNC(=O)OC(C)(C)C.I. The van der Waals surface area contributed by atoms with Crippen molar-refractivity contribution < 1.29 is 9.53 Å². The average Bonchev–Trinajstić information content (AvgIpc) is 2.30. The molecular formula is C13H29IN4O2. The topological polar surface area (TPSA) is 74.8 Å². The second-order valence-corrected chi connectivity index (χ2v) is 5.21. The highest BCUT2D eigenvalue weighted by molar-refractivity contribution is 14.0. The number of amides is 1. The van der Waals surface area contributed by atoms with Gasteiger partial charge in [0.15, 0.2) is 5.96 Å². The van der Waals surface area contributed by atoms with Crippen LogP contribution >= 0.6 is 24.0 Å². The first-order chi connectivity index (χ1) is 8.89. The Balaban J connectivity index is 0. The van der Waals surface area contributed by atoms with Crippen LogP contribution in [0.25, 0.3) is 0 Å². The van der Waals surface area contributed by atoms with E-state index in [2.05, 4.69) is 27.9 Å². The van der Waals surface area contributed by atoms with Crippen molar-refractivity contribution in [3.8, 4) is 0 Å². The van der Waals surface area contributed by atoms with E-state index in [1.54, 1.807) is 7.05 Å². The molecule has 0 spiro atoms. The maximum Gasteiger partial charge on any atom is 0.407 e. The Morgan fingerprint density at radius 1 is 1.10 bits per heavy atom. The number of unbranched alkanes of at least 4 members (excludes halogenated alkanes) is 1. The van der Waals surface area contributed by atoms with Gasteiger partial charge >= 0.3 is 6.09 Å². The van der Waals surface area contributed by atoms with E-state index in [0.29, 0.717) is 13.1 Å². The van der Waals surface area contributed by atoms with Gasteiger partial charge in [0.1, 0.15) is 5.60 Å². The van der Waals surface area contributed by atoms with E-state index in [1.165, 1.54) is 0 Å². The largest absolute Gasteiger partial charge is 0.444 e. The number of rotatable bonds is 6. The minimum Gasteiger partial charge on any atom is -0.444 e. The fourth-order valence-corrected chi connectivity index (χ4v) is 1.26. The first kappa shape index (κ1) is 21.6. The van der Waals surface area contributed by atoms with Crippen molar-refractivity contribution in [3.63, 3.8) is 0 Å². The summed E-state index contributed by atoms with van der Waals surface area (Å²) < 4.78 is 5.13. The molecule has 120 valence electrons. The van der Waals surface area contributed by atoms with E-state index in [1.807, 2.05) is 20.8 Å². The zero-order valence-corrected chi connectivity index (χ0v) is 15.5.